The second-order valence-electron chi connectivity index (χ2n) is 6.23. The van der Waals surface area contributed by atoms with Crippen molar-refractivity contribution in [2.24, 2.45) is 5.92 Å². The van der Waals surface area contributed by atoms with Gasteiger partial charge in [-0.25, -0.2) is 13.4 Å². The van der Waals surface area contributed by atoms with E-state index in [0.29, 0.717) is 23.1 Å². The van der Waals surface area contributed by atoms with E-state index in [4.69, 9.17) is 0 Å². The topological polar surface area (TPSA) is 52.0 Å². The molecular formula is C18H18N2O2S. The minimum Gasteiger partial charge on any atom is -0.326 e. The molecule has 0 saturated heterocycles. The highest BCUT2D eigenvalue weighted by molar-refractivity contribution is 7.91. The van der Waals surface area contributed by atoms with Gasteiger partial charge < -0.3 is 4.57 Å². The summed E-state index contributed by atoms with van der Waals surface area (Å²) in [6.07, 6.45) is 3.92. The van der Waals surface area contributed by atoms with Crippen molar-refractivity contribution in [1.29, 1.82) is 0 Å². The number of hydrogen-bond acceptors (Lipinski definition) is 3. The summed E-state index contributed by atoms with van der Waals surface area (Å²) in [6, 6.07) is 15.2. The van der Waals surface area contributed by atoms with Crippen LogP contribution in [-0.4, -0.2) is 23.7 Å². The summed E-state index contributed by atoms with van der Waals surface area (Å²) in [5.41, 5.74) is 3.12. The number of imidazole rings is 1. The molecular weight excluding hydrogens is 308 g/mol. The normalized spacial score (nSPS) is 15.1. The summed E-state index contributed by atoms with van der Waals surface area (Å²) >= 11 is 0. The number of sulfone groups is 1. The van der Waals surface area contributed by atoms with E-state index in [1.165, 1.54) is 0 Å². The number of benzene rings is 2. The Hall–Kier alpha value is -2.14. The predicted octanol–water partition coefficient (Wildman–Crippen LogP) is 3.27. The quantitative estimate of drug-likeness (QED) is 0.723. The first-order valence-electron chi connectivity index (χ1n) is 7.83. The molecule has 2 aromatic carbocycles. The van der Waals surface area contributed by atoms with Crippen molar-refractivity contribution in [3.63, 3.8) is 0 Å². The summed E-state index contributed by atoms with van der Waals surface area (Å²) in [5, 5.41) is 0. The first kappa shape index (κ1) is 14.5. The Morgan fingerprint density at radius 3 is 2.52 bits per heavy atom. The average Bonchev–Trinajstić information content (AvgIpc) is 3.26. The molecule has 1 aliphatic rings. The lowest BCUT2D eigenvalue weighted by Gasteiger charge is -2.07. The molecule has 5 heteroatoms. The predicted molar refractivity (Wildman–Crippen MR) is 90.1 cm³/mol. The van der Waals surface area contributed by atoms with Gasteiger partial charge in [0, 0.05) is 6.54 Å². The van der Waals surface area contributed by atoms with Crippen LogP contribution in [0.5, 0.6) is 0 Å². The summed E-state index contributed by atoms with van der Waals surface area (Å²) < 4.78 is 26.6. The average molecular weight is 326 g/mol. The third-order valence-corrected chi connectivity index (χ3v) is 6.22. The standard InChI is InChI=1S/C18H18N2O2S/c21-23(22,12-15-5-6-15)16-9-7-14(8-10-16)11-20-13-19-17-3-1-2-4-18(17)20/h1-4,7-10,13,15H,5-6,11-12H2. The van der Waals surface area contributed by atoms with E-state index in [0.717, 1.165) is 29.4 Å². The fourth-order valence-electron chi connectivity index (χ4n) is 2.83. The summed E-state index contributed by atoms with van der Waals surface area (Å²) in [5.74, 6) is 0.662. The van der Waals surface area contributed by atoms with Crippen LogP contribution in [0.25, 0.3) is 11.0 Å². The van der Waals surface area contributed by atoms with Gasteiger partial charge in [-0.3, -0.25) is 0 Å². The lowest BCUT2D eigenvalue weighted by molar-refractivity contribution is 0.592. The second kappa shape index (κ2) is 5.49. The van der Waals surface area contributed by atoms with Crippen LogP contribution >= 0.6 is 0 Å². The zero-order valence-corrected chi connectivity index (χ0v) is 13.5. The van der Waals surface area contributed by atoms with Crippen LogP contribution in [-0.2, 0) is 16.4 Å². The fraction of sp³-hybridized carbons (Fsp3) is 0.278. The van der Waals surface area contributed by atoms with Crippen molar-refractivity contribution in [2.75, 3.05) is 5.75 Å². The summed E-state index contributed by atoms with van der Waals surface area (Å²) in [4.78, 5) is 4.81. The number of para-hydroxylation sites is 2. The van der Waals surface area contributed by atoms with Crippen LogP contribution in [0.3, 0.4) is 0 Å². The van der Waals surface area contributed by atoms with Crippen LogP contribution in [0.15, 0.2) is 59.8 Å². The zero-order chi connectivity index (χ0) is 15.9. The third kappa shape index (κ3) is 3.01. The lowest BCUT2D eigenvalue weighted by Crippen LogP contribution is -2.08. The molecule has 1 heterocycles. The highest BCUT2D eigenvalue weighted by Crippen LogP contribution is 2.32. The lowest BCUT2D eigenvalue weighted by atomic mass is 10.2. The maximum absolute atomic E-state index is 12.3. The van der Waals surface area contributed by atoms with Gasteiger partial charge >= 0.3 is 0 Å². The molecule has 0 atom stereocenters. The van der Waals surface area contributed by atoms with Crippen molar-refractivity contribution in [1.82, 2.24) is 9.55 Å². The Balaban J connectivity index is 1.56. The molecule has 0 unspecified atom stereocenters. The van der Waals surface area contributed by atoms with E-state index in [9.17, 15) is 8.42 Å². The molecule has 1 aliphatic carbocycles. The Morgan fingerprint density at radius 1 is 1.04 bits per heavy atom. The van der Waals surface area contributed by atoms with E-state index in [-0.39, 0.29) is 0 Å². The van der Waals surface area contributed by atoms with Gasteiger partial charge in [0.15, 0.2) is 9.84 Å². The first-order chi connectivity index (χ1) is 11.1. The maximum Gasteiger partial charge on any atom is 0.178 e. The molecule has 1 fully saturated rings. The fourth-order valence-corrected chi connectivity index (χ4v) is 4.52. The van der Waals surface area contributed by atoms with Crippen LogP contribution < -0.4 is 0 Å². The van der Waals surface area contributed by atoms with Crippen LogP contribution in [0.1, 0.15) is 18.4 Å². The SMILES string of the molecule is O=S(=O)(CC1CC1)c1ccc(Cn2cnc3ccccc32)cc1. The third-order valence-electron chi connectivity index (χ3n) is 4.31. The Bertz CT molecular complexity index is 939. The smallest absolute Gasteiger partial charge is 0.178 e. The van der Waals surface area contributed by atoms with Gasteiger partial charge in [-0.1, -0.05) is 24.3 Å². The van der Waals surface area contributed by atoms with E-state index in [2.05, 4.69) is 9.55 Å². The molecule has 1 aromatic heterocycles. The van der Waals surface area contributed by atoms with Crippen molar-refractivity contribution >= 4 is 20.9 Å². The van der Waals surface area contributed by atoms with Crippen LogP contribution in [0.4, 0.5) is 0 Å². The Morgan fingerprint density at radius 2 is 1.78 bits per heavy atom. The number of hydrogen-bond donors (Lipinski definition) is 0. The minimum atomic E-state index is -3.13. The van der Waals surface area contributed by atoms with Gasteiger partial charge in [0.2, 0.25) is 0 Å². The number of aromatic nitrogens is 2. The van der Waals surface area contributed by atoms with Crippen molar-refractivity contribution in [3.8, 4) is 0 Å². The summed E-state index contributed by atoms with van der Waals surface area (Å²) in [6.45, 7) is 0.684. The van der Waals surface area contributed by atoms with E-state index >= 15 is 0 Å². The number of rotatable bonds is 5. The molecule has 0 amide bonds. The number of nitrogens with zero attached hydrogens (tertiary/aromatic N) is 2. The van der Waals surface area contributed by atoms with Crippen LogP contribution in [0, 0.1) is 5.92 Å². The first-order valence-corrected chi connectivity index (χ1v) is 9.49. The van der Waals surface area contributed by atoms with E-state index in [1.54, 1.807) is 12.1 Å². The molecule has 0 spiro atoms. The second-order valence-corrected chi connectivity index (χ2v) is 8.26. The molecule has 0 radical (unpaired) electrons. The molecule has 3 aromatic rings. The molecule has 4 rings (SSSR count). The van der Waals surface area contributed by atoms with Gasteiger partial charge in [0.25, 0.3) is 0 Å². The molecule has 0 aliphatic heterocycles. The Labute approximate surface area is 135 Å². The van der Waals surface area contributed by atoms with Crippen molar-refractivity contribution in [2.45, 2.75) is 24.3 Å². The van der Waals surface area contributed by atoms with E-state index in [1.807, 2.05) is 42.7 Å². The monoisotopic (exact) mass is 326 g/mol. The largest absolute Gasteiger partial charge is 0.326 e. The molecule has 4 nitrogen and oxygen atoms in total. The molecule has 1 saturated carbocycles. The van der Waals surface area contributed by atoms with E-state index < -0.39 is 9.84 Å². The van der Waals surface area contributed by atoms with Gasteiger partial charge in [0.05, 0.1) is 28.0 Å². The van der Waals surface area contributed by atoms with Crippen LogP contribution in [0.2, 0.25) is 0 Å². The van der Waals surface area contributed by atoms with Gasteiger partial charge in [-0.05, 0) is 48.6 Å². The van der Waals surface area contributed by atoms with Gasteiger partial charge in [-0.2, -0.15) is 0 Å². The highest BCUT2D eigenvalue weighted by atomic mass is 32.2. The Kier molecular flexibility index (Phi) is 3.45. The molecule has 0 bridgehead atoms. The minimum absolute atomic E-state index is 0.290. The highest BCUT2D eigenvalue weighted by Gasteiger charge is 2.28. The molecule has 23 heavy (non-hydrogen) atoms. The molecule has 0 N–H and O–H groups in total. The zero-order valence-electron chi connectivity index (χ0n) is 12.7. The van der Waals surface area contributed by atoms with Crippen molar-refractivity contribution in [3.05, 3.63) is 60.4 Å². The number of fused-ring (bicyclic) bond motifs is 1. The van der Waals surface area contributed by atoms with Gasteiger partial charge in [-0.15, -0.1) is 0 Å². The maximum atomic E-state index is 12.3. The summed E-state index contributed by atoms with van der Waals surface area (Å²) in [7, 11) is -3.13. The van der Waals surface area contributed by atoms with Crippen molar-refractivity contribution < 1.29 is 8.42 Å². The molecule has 118 valence electrons. The van der Waals surface area contributed by atoms with Gasteiger partial charge in [0.1, 0.15) is 0 Å².